The summed E-state index contributed by atoms with van der Waals surface area (Å²) in [5.41, 5.74) is 7.44. The molecule has 0 radical (unpaired) electrons. The zero-order valence-corrected chi connectivity index (χ0v) is 13.2. The Labute approximate surface area is 137 Å². The van der Waals surface area contributed by atoms with Crippen molar-refractivity contribution >= 4 is 22.8 Å². The molecule has 2 heterocycles. The summed E-state index contributed by atoms with van der Waals surface area (Å²) in [4.78, 5) is 12.3. The standard InChI is InChI=1S/C16H16FN5O2/c1-23-11-4-3-9(13(6-11)24-2)7-20-16-21-12-5-10(17)8-19-14(12)15(18)22-16/h3-6,8H,7H2,1-2H3,(H3,18,20,21,22). The maximum atomic E-state index is 13.3. The Morgan fingerprint density at radius 3 is 2.75 bits per heavy atom. The van der Waals surface area contributed by atoms with Gasteiger partial charge in [-0.25, -0.2) is 14.4 Å². The van der Waals surface area contributed by atoms with Crippen LogP contribution in [0.25, 0.3) is 11.0 Å². The SMILES string of the molecule is COc1ccc(CNc2nc(N)c3ncc(F)cc3n2)c(OC)c1. The number of benzene rings is 1. The van der Waals surface area contributed by atoms with E-state index in [1.807, 2.05) is 12.1 Å². The number of nitrogens with zero attached hydrogens (tertiary/aromatic N) is 3. The molecular formula is C16H16FN5O2. The van der Waals surface area contributed by atoms with Gasteiger partial charge in [0, 0.05) is 24.2 Å². The number of aromatic nitrogens is 3. The number of ether oxygens (including phenoxy) is 2. The molecule has 1 aromatic carbocycles. The quantitative estimate of drug-likeness (QED) is 0.742. The predicted molar refractivity (Wildman–Crippen MR) is 88.6 cm³/mol. The van der Waals surface area contributed by atoms with Gasteiger partial charge in [-0.3, -0.25) is 0 Å². The lowest BCUT2D eigenvalue weighted by atomic mass is 10.2. The molecule has 0 spiro atoms. The minimum Gasteiger partial charge on any atom is -0.497 e. The van der Waals surface area contributed by atoms with Gasteiger partial charge in [0.05, 0.1) is 25.9 Å². The van der Waals surface area contributed by atoms with Gasteiger partial charge in [-0.1, -0.05) is 0 Å². The zero-order chi connectivity index (χ0) is 17.1. The number of nitrogens with two attached hydrogens (primary N) is 1. The Balaban J connectivity index is 1.85. The summed E-state index contributed by atoms with van der Waals surface area (Å²) in [7, 11) is 3.17. The Morgan fingerprint density at radius 1 is 1.17 bits per heavy atom. The third kappa shape index (κ3) is 3.12. The van der Waals surface area contributed by atoms with Gasteiger partial charge in [-0.2, -0.15) is 4.98 Å². The van der Waals surface area contributed by atoms with Crippen LogP contribution in [0, 0.1) is 5.82 Å². The van der Waals surface area contributed by atoms with E-state index in [1.165, 1.54) is 6.07 Å². The van der Waals surface area contributed by atoms with Crippen LogP contribution < -0.4 is 20.5 Å². The number of rotatable bonds is 5. The highest BCUT2D eigenvalue weighted by Crippen LogP contribution is 2.25. The maximum Gasteiger partial charge on any atom is 0.225 e. The van der Waals surface area contributed by atoms with E-state index in [0.717, 1.165) is 11.8 Å². The molecule has 3 rings (SSSR count). The van der Waals surface area contributed by atoms with Gasteiger partial charge < -0.3 is 20.5 Å². The van der Waals surface area contributed by atoms with E-state index in [0.29, 0.717) is 29.1 Å². The Morgan fingerprint density at radius 2 is 2.00 bits per heavy atom. The fraction of sp³-hybridized carbons (Fsp3) is 0.188. The highest BCUT2D eigenvalue weighted by atomic mass is 19.1. The average Bonchev–Trinajstić information content (AvgIpc) is 2.59. The number of anilines is 2. The average molecular weight is 329 g/mol. The molecule has 0 fully saturated rings. The summed E-state index contributed by atoms with van der Waals surface area (Å²) in [6.45, 7) is 0.404. The summed E-state index contributed by atoms with van der Waals surface area (Å²) >= 11 is 0. The Kier molecular flexibility index (Phi) is 4.28. The molecule has 24 heavy (non-hydrogen) atoms. The molecule has 3 N–H and O–H groups in total. The van der Waals surface area contributed by atoms with Crippen molar-refractivity contribution in [3.63, 3.8) is 0 Å². The van der Waals surface area contributed by atoms with Crippen LogP contribution in [0.5, 0.6) is 11.5 Å². The summed E-state index contributed by atoms with van der Waals surface area (Å²) in [5, 5.41) is 3.05. The van der Waals surface area contributed by atoms with Crippen LogP contribution in [0.3, 0.4) is 0 Å². The largest absolute Gasteiger partial charge is 0.497 e. The number of fused-ring (bicyclic) bond motifs is 1. The molecule has 0 atom stereocenters. The predicted octanol–water partition coefficient (Wildman–Crippen LogP) is 2.38. The van der Waals surface area contributed by atoms with Crippen LogP contribution in [0.1, 0.15) is 5.56 Å². The van der Waals surface area contributed by atoms with Gasteiger partial charge >= 0.3 is 0 Å². The van der Waals surface area contributed by atoms with E-state index < -0.39 is 5.82 Å². The van der Waals surface area contributed by atoms with E-state index >= 15 is 0 Å². The van der Waals surface area contributed by atoms with Crippen LogP contribution in [0.15, 0.2) is 30.5 Å². The minimum absolute atomic E-state index is 0.184. The van der Waals surface area contributed by atoms with Crippen molar-refractivity contribution in [2.24, 2.45) is 0 Å². The molecule has 0 unspecified atom stereocenters. The maximum absolute atomic E-state index is 13.3. The van der Waals surface area contributed by atoms with Crippen molar-refractivity contribution in [1.29, 1.82) is 0 Å². The van der Waals surface area contributed by atoms with Gasteiger partial charge in [0.2, 0.25) is 5.95 Å². The van der Waals surface area contributed by atoms with E-state index in [4.69, 9.17) is 15.2 Å². The summed E-state index contributed by atoms with van der Waals surface area (Å²) in [6.07, 6.45) is 1.08. The van der Waals surface area contributed by atoms with Gasteiger partial charge in [-0.05, 0) is 12.1 Å². The summed E-state index contributed by atoms with van der Waals surface area (Å²) in [5.74, 6) is 1.35. The van der Waals surface area contributed by atoms with Crippen LogP contribution in [-0.4, -0.2) is 29.2 Å². The first kappa shape index (κ1) is 15.7. The second kappa shape index (κ2) is 6.53. The number of hydrogen-bond acceptors (Lipinski definition) is 7. The second-order valence-electron chi connectivity index (χ2n) is 4.99. The first-order valence-corrected chi connectivity index (χ1v) is 7.14. The van der Waals surface area contributed by atoms with Crippen LogP contribution in [0.2, 0.25) is 0 Å². The molecule has 0 bridgehead atoms. The van der Waals surface area contributed by atoms with Crippen molar-refractivity contribution in [1.82, 2.24) is 15.0 Å². The molecule has 7 nitrogen and oxygen atoms in total. The molecule has 0 saturated heterocycles. The lowest BCUT2D eigenvalue weighted by molar-refractivity contribution is 0.391. The third-order valence-electron chi connectivity index (χ3n) is 3.46. The lowest BCUT2D eigenvalue weighted by Gasteiger charge is -2.12. The highest BCUT2D eigenvalue weighted by Gasteiger charge is 2.09. The van der Waals surface area contributed by atoms with Crippen LogP contribution >= 0.6 is 0 Å². The van der Waals surface area contributed by atoms with Crippen molar-refractivity contribution in [2.75, 3.05) is 25.3 Å². The first-order chi connectivity index (χ1) is 11.6. The molecule has 0 amide bonds. The van der Waals surface area contributed by atoms with Gasteiger partial charge in [0.25, 0.3) is 0 Å². The van der Waals surface area contributed by atoms with Crippen LogP contribution in [-0.2, 0) is 6.54 Å². The fourth-order valence-electron chi connectivity index (χ4n) is 2.27. The van der Waals surface area contributed by atoms with E-state index in [2.05, 4.69) is 20.3 Å². The first-order valence-electron chi connectivity index (χ1n) is 7.14. The van der Waals surface area contributed by atoms with Crippen molar-refractivity contribution in [2.45, 2.75) is 6.54 Å². The van der Waals surface area contributed by atoms with E-state index in [1.54, 1.807) is 20.3 Å². The smallest absolute Gasteiger partial charge is 0.225 e. The highest BCUT2D eigenvalue weighted by molar-refractivity contribution is 5.84. The van der Waals surface area contributed by atoms with Gasteiger partial charge in [-0.15, -0.1) is 0 Å². The molecule has 0 saturated carbocycles. The monoisotopic (exact) mass is 329 g/mol. The Hall–Kier alpha value is -3.16. The molecule has 0 aliphatic rings. The lowest BCUT2D eigenvalue weighted by Crippen LogP contribution is -2.07. The molecule has 124 valence electrons. The topological polar surface area (TPSA) is 95.2 Å². The zero-order valence-electron chi connectivity index (χ0n) is 13.2. The third-order valence-corrected chi connectivity index (χ3v) is 3.46. The molecule has 0 aliphatic heterocycles. The molecular weight excluding hydrogens is 313 g/mol. The molecule has 0 aliphatic carbocycles. The second-order valence-corrected chi connectivity index (χ2v) is 4.99. The number of pyridine rings is 1. The molecule has 8 heteroatoms. The summed E-state index contributed by atoms with van der Waals surface area (Å²) < 4.78 is 23.8. The molecule has 2 aromatic heterocycles. The Bertz CT molecular complexity index is 888. The van der Waals surface area contributed by atoms with Crippen LogP contribution in [0.4, 0.5) is 16.2 Å². The number of hydrogen-bond donors (Lipinski definition) is 2. The van der Waals surface area contributed by atoms with E-state index in [9.17, 15) is 4.39 Å². The van der Waals surface area contributed by atoms with Crippen molar-refractivity contribution < 1.29 is 13.9 Å². The van der Waals surface area contributed by atoms with E-state index in [-0.39, 0.29) is 11.8 Å². The van der Waals surface area contributed by atoms with Crippen molar-refractivity contribution in [3.8, 4) is 11.5 Å². The number of nitrogen functional groups attached to an aromatic ring is 1. The number of halogens is 1. The van der Waals surface area contributed by atoms with Gasteiger partial charge in [0.15, 0.2) is 5.82 Å². The van der Waals surface area contributed by atoms with Crippen molar-refractivity contribution in [3.05, 3.63) is 41.8 Å². The molecule has 3 aromatic rings. The number of nitrogens with one attached hydrogen (secondary N) is 1. The minimum atomic E-state index is -0.483. The normalized spacial score (nSPS) is 10.6. The summed E-state index contributed by atoms with van der Waals surface area (Å²) in [6, 6.07) is 6.75. The van der Waals surface area contributed by atoms with Gasteiger partial charge in [0.1, 0.15) is 22.8 Å². The number of methoxy groups -OCH3 is 2. The fourth-order valence-corrected chi connectivity index (χ4v) is 2.27.